The number of para-hydroxylation sites is 1. The maximum Gasteiger partial charge on any atom is 0.418 e. The van der Waals surface area contributed by atoms with E-state index in [1.165, 1.54) is 12.1 Å². The molecule has 0 amide bonds. The van der Waals surface area contributed by atoms with E-state index in [0.717, 1.165) is 28.8 Å². The molecule has 1 aliphatic heterocycles. The maximum absolute atomic E-state index is 14.0. The number of aryl methyl sites for hydroxylation is 1. The van der Waals surface area contributed by atoms with Gasteiger partial charge in [-0.1, -0.05) is 18.2 Å². The number of benzene rings is 2. The van der Waals surface area contributed by atoms with Gasteiger partial charge >= 0.3 is 6.18 Å². The number of hydrogen-bond donors (Lipinski definition) is 1. The number of hydrogen-bond acceptors (Lipinski definition) is 3. The van der Waals surface area contributed by atoms with Gasteiger partial charge in [0.1, 0.15) is 5.75 Å². The van der Waals surface area contributed by atoms with Crippen LogP contribution in [0.15, 0.2) is 79.0 Å². The Morgan fingerprint density at radius 2 is 1.67 bits per heavy atom. The fraction of sp³-hybridized carbons (Fsp3) is 0.267. The third kappa shape index (κ3) is 5.11. The highest BCUT2D eigenvalue weighted by Crippen LogP contribution is 2.45. The summed E-state index contributed by atoms with van der Waals surface area (Å²) in [7, 11) is 0. The first-order valence-electron chi connectivity index (χ1n) is 12.7. The first-order chi connectivity index (χ1) is 18.6. The molecule has 0 aliphatic carbocycles. The lowest BCUT2D eigenvalue weighted by atomic mass is 9.96. The van der Waals surface area contributed by atoms with Gasteiger partial charge in [0.05, 0.1) is 35.1 Å². The number of thiocarbonyl (C=S) groups is 1. The Morgan fingerprint density at radius 3 is 2.31 bits per heavy atom. The van der Waals surface area contributed by atoms with E-state index < -0.39 is 11.7 Å². The summed E-state index contributed by atoms with van der Waals surface area (Å²) >= 11 is 5.83. The van der Waals surface area contributed by atoms with Gasteiger partial charge < -0.3 is 19.5 Å². The zero-order valence-electron chi connectivity index (χ0n) is 22.0. The van der Waals surface area contributed by atoms with E-state index in [4.69, 9.17) is 17.0 Å². The van der Waals surface area contributed by atoms with Crippen LogP contribution in [-0.4, -0.2) is 20.8 Å². The number of halogens is 3. The summed E-state index contributed by atoms with van der Waals surface area (Å²) in [6.07, 6.45) is -2.73. The van der Waals surface area contributed by atoms with Crippen LogP contribution in [0.3, 0.4) is 0 Å². The lowest BCUT2D eigenvalue weighted by Gasteiger charge is -2.28. The van der Waals surface area contributed by atoms with Gasteiger partial charge in [-0.05, 0) is 100 Å². The Morgan fingerprint density at radius 1 is 0.974 bits per heavy atom. The van der Waals surface area contributed by atoms with Gasteiger partial charge in [-0.3, -0.25) is 4.98 Å². The lowest BCUT2D eigenvalue weighted by molar-refractivity contribution is -0.137. The molecule has 2 unspecified atom stereocenters. The van der Waals surface area contributed by atoms with E-state index in [0.29, 0.717) is 16.5 Å². The molecule has 1 aliphatic rings. The number of nitrogens with zero attached hydrogens (tertiary/aromatic N) is 3. The molecular weight excluding hydrogens is 521 g/mol. The number of anilines is 1. The van der Waals surface area contributed by atoms with Gasteiger partial charge in [0, 0.05) is 23.3 Å². The molecule has 202 valence electrons. The monoisotopic (exact) mass is 550 g/mol. The normalized spacial score (nSPS) is 17.5. The number of aromatic nitrogens is 2. The van der Waals surface area contributed by atoms with Crippen LogP contribution in [0.5, 0.6) is 5.75 Å². The SMILES string of the molecule is Cc1cc(C2C(c3ccccn3)NC(=S)N2c2ccc(OC(C)C)cc2)c(C)n1-c1ccccc1C(F)(F)F. The summed E-state index contributed by atoms with van der Waals surface area (Å²) < 4.78 is 49.4. The molecule has 0 saturated carbocycles. The predicted molar refractivity (Wildman–Crippen MR) is 150 cm³/mol. The van der Waals surface area contributed by atoms with Crippen molar-refractivity contribution in [1.29, 1.82) is 0 Å². The Bertz CT molecular complexity index is 1480. The fourth-order valence-corrected chi connectivity index (χ4v) is 5.62. The summed E-state index contributed by atoms with van der Waals surface area (Å²) in [5, 5.41) is 3.93. The molecule has 5 nitrogen and oxygen atoms in total. The zero-order chi connectivity index (χ0) is 27.9. The third-order valence-corrected chi connectivity index (χ3v) is 7.14. The summed E-state index contributed by atoms with van der Waals surface area (Å²) in [6.45, 7) is 7.61. The van der Waals surface area contributed by atoms with Crippen LogP contribution in [0.25, 0.3) is 5.69 Å². The van der Waals surface area contributed by atoms with E-state index in [2.05, 4.69) is 10.3 Å². The smallest absolute Gasteiger partial charge is 0.418 e. The van der Waals surface area contributed by atoms with Crippen LogP contribution >= 0.6 is 12.2 Å². The van der Waals surface area contributed by atoms with E-state index in [9.17, 15) is 13.2 Å². The molecular formula is C30H29F3N4OS. The lowest BCUT2D eigenvalue weighted by Crippen LogP contribution is -2.29. The van der Waals surface area contributed by atoms with Gasteiger partial charge in [-0.15, -0.1) is 0 Å². The maximum atomic E-state index is 14.0. The Kier molecular flexibility index (Phi) is 7.11. The second kappa shape index (κ2) is 10.4. The molecule has 1 N–H and O–H groups in total. The van der Waals surface area contributed by atoms with Crippen molar-refractivity contribution in [3.05, 3.63) is 107 Å². The Balaban J connectivity index is 1.66. The van der Waals surface area contributed by atoms with Gasteiger partial charge in [0.25, 0.3) is 0 Å². The Hall–Kier alpha value is -3.85. The van der Waals surface area contributed by atoms with Crippen molar-refractivity contribution in [2.75, 3.05) is 4.90 Å². The highest BCUT2D eigenvalue weighted by molar-refractivity contribution is 7.80. The van der Waals surface area contributed by atoms with Crippen molar-refractivity contribution < 1.29 is 17.9 Å². The Labute approximate surface area is 231 Å². The molecule has 4 aromatic rings. The highest BCUT2D eigenvalue weighted by atomic mass is 32.1. The van der Waals surface area contributed by atoms with Crippen molar-refractivity contribution in [2.45, 2.75) is 52.1 Å². The third-order valence-electron chi connectivity index (χ3n) is 6.82. The number of rotatable bonds is 6. The van der Waals surface area contributed by atoms with Crippen molar-refractivity contribution in [3.63, 3.8) is 0 Å². The van der Waals surface area contributed by atoms with Crippen LogP contribution in [0.1, 0.15) is 54.1 Å². The van der Waals surface area contributed by atoms with E-state index in [1.807, 2.05) is 81.1 Å². The molecule has 1 saturated heterocycles. The molecule has 0 bridgehead atoms. The zero-order valence-corrected chi connectivity index (χ0v) is 22.8. The minimum atomic E-state index is -4.49. The molecule has 2 atom stereocenters. The molecule has 0 spiro atoms. The number of nitrogens with one attached hydrogen (secondary N) is 1. The second-order valence-electron chi connectivity index (χ2n) is 9.83. The predicted octanol–water partition coefficient (Wildman–Crippen LogP) is 7.47. The topological polar surface area (TPSA) is 42.3 Å². The average Bonchev–Trinajstić information content (AvgIpc) is 3.39. The summed E-state index contributed by atoms with van der Waals surface area (Å²) in [5.74, 6) is 0.742. The first-order valence-corrected chi connectivity index (χ1v) is 13.1. The highest BCUT2D eigenvalue weighted by Gasteiger charge is 2.43. The molecule has 1 fully saturated rings. The summed E-state index contributed by atoms with van der Waals surface area (Å²) in [6, 6.07) is 20.3. The van der Waals surface area contributed by atoms with Crippen LogP contribution in [0.4, 0.5) is 18.9 Å². The molecule has 0 radical (unpaired) electrons. The van der Waals surface area contributed by atoms with Crippen LogP contribution in [0.2, 0.25) is 0 Å². The van der Waals surface area contributed by atoms with E-state index >= 15 is 0 Å². The van der Waals surface area contributed by atoms with Crippen LogP contribution in [0, 0.1) is 13.8 Å². The molecule has 2 aromatic carbocycles. The molecule has 2 aromatic heterocycles. The molecule has 39 heavy (non-hydrogen) atoms. The standard InChI is InChI=1S/C30H29F3N4OS/c1-18(2)38-22-14-12-21(13-15-22)37-28(27(35-29(37)39)25-10-7-8-16-34-25)23-17-19(3)36(20(23)4)26-11-6-5-9-24(26)30(31,32)33/h5-18,27-28H,1-4H3,(H,35,39). The van der Waals surface area contributed by atoms with Crippen molar-refractivity contribution in [1.82, 2.24) is 14.9 Å². The summed E-state index contributed by atoms with van der Waals surface area (Å²) in [4.78, 5) is 6.59. The summed E-state index contributed by atoms with van der Waals surface area (Å²) in [5.41, 5.74) is 3.28. The first kappa shape index (κ1) is 26.7. The van der Waals surface area contributed by atoms with Crippen molar-refractivity contribution in [3.8, 4) is 11.4 Å². The minimum Gasteiger partial charge on any atom is -0.491 e. The van der Waals surface area contributed by atoms with Crippen LogP contribution < -0.4 is 15.0 Å². The van der Waals surface area contributed by atoms with Gasteiger partial charge in [0.2, 0.25) is 0 Å². The number of pyridine rings is 1. The second-order valence-corrected chi connectivity index (χ2v) is 10.2. The van der Waals surface area contributed by atoms with Crippen molar-refractivity contribution >= 4 is 23.0 Å². The van der Waals surface area contributed by atoms with Crippen molar-refractivity contribution in [2.24, 2.45) is 0 Å². The van der Waals surface area contributed by atoms with E-state index in [-0.39, 0.29) is 23.9 Å². The fourth-order valence-electron chi connectivity index (χ4n) is 5.27. The van der Waals surface area contributed by atoms with Crippen LogP contribution in [-0.2, 0) is 6.18 Å². The van der Waals surface area contributed by atoms with Gasteiger partial charge in [0.15, 0.2) is 5.11 Å². The quantitative estimate of drug-likeness (QED) is 0.252. The van der Waals surface area contributed by atoms with Gasteiger partial charge in [-0.2, -0.15) is 13.2 Å². The average molecular weight is 551 g/mol. The number of ether oxygens (including phenoxy) is 1. The minimum absolute atomic E-state index is 0.0385. The largest absolute Gasteiger partial charge is 0.491 e. The van der Waals surface area contributed by atoms with Gasteiger partial charge in [-0.25, -0.2) is 0 Å². The molecule has 5 rings (SSSR count). The molecule has 3 heterocycles. The van der Waals surface area contributed by atoms with E-state index in [1.54, 1.807) is 16.8 Å². The molecule has 9 heteroatoms. The number of alkyl halides is 3.